The van der Waals surface area contributed by atoms with Crippen molar-refractivity contribution in [1.29, 1.82) is 5.52 Å². The quantitative estimate of drug-likeness (QED) is 0.136. The van der Waals surface area contributed by atoms with Crippen LogP contribution < -0.4 is 5.84 Å². The van der Waals surface area contributed by atoms with Crippen molar-refractivity contribution in [3.05, 3.63) is 0 Å². The molecule has 28 valence electrons. The van der Waals surface area contributed by atoms with Crippen LogP contribution in [0.2, 0.25) is 1.41 Å². The molecule has 0 aliphatic carbocycles. The highest BCUT2D eigenvalue weighted by Gasteiger charge is 1.43. The SMILES string of the molecule is [2H]N=NC([2H])=NN. The molecule has 0 fully saturated rings. The summed E-state index contributed by atoms with van der Waals surface area (Å²) in [5.74, 6) is 4.52. The van der Waals surface area contributed by atoms with Crippen LogP contribution in [0.5, 0.6) is 0 Å². The summed E-state index contributed by atoms with van der Waals surface area (Å²) in [5, 5.41) is 5.61. The van der Waals surface area contributed by atoms with E-state index in [9.17, 15) is 0 Å². The van der Waals surface area contributed by atoms with Gasteiger partial charge in [-0.1, -0.05) is 0 Å². The van der Waals surface area contributed by atoms with Gasteiger partial charge in [0.25, 0.3) is 0 Å². The first kappa shape index (κ1) is 1.49. The fourth-order valence-electron chi connectivity index (χ4n) is 0.0258. The van der Waals surface area contributed by atoms with Gasteiger partial charge in [-0.05, 0) is 0 Å². The van der Waals surface area contributed by atoms with E-state index in [1.165, 1.54) is 0 Å². The van der Waals surface area contributed by atoms with Crippen LogP contribution in [-0.2, 0) is 0 Å². The standard InChI is InChI=1S/CH4N4/c2-4-1-5-3/h1-2H,3H2/i1D/hD. The molecule has 0 aromatic heterocycles. The van der Waals surface area contributed by atoms with Crippen LogP contribution >= 0.6 is 0 Å². The van der Waals surface area contributed by atoms with E-state index in [1.54, 1.807) is 0 Å². The second-order valence-corrected chi connectivity index (χ2v) is 0.329. The Morgan fingerprint density at radius 2 is 3.20 bits per heavy atom. The summed E-state index contributed by atoms with van der Waals surface area (Å²) >= 11 is 0. The lowest BCUT2D eigenvalue weighted by Gasteiger charge is -1.58. The molecule has 4 heteroatoms. The molecule has 0 radical (unpaired) electrons. The third-order valence-electron chi connectivity index (χ3n) is 0.102. The molecule has 0 aromatic rings. The molecular formula is CH4N4. The third kappa shape index (κ3) is 3.07. The van der Waals surface area contributed by atoms with E-state index in [0.717, 1.165) is 0 Å². The Labute approximate surface area is 32.0 Å². The van der Waals surface area contributed by atoms with E-state index >= 15 is 0 Å². The first-order chi connectivity index (χ1) is 3.31. The van der Waals surface area contributed by atoms with Crippen LogP contribution in [0.15, 0.2) is 10.2 Å². The van der Waals surface area contributed by atoms with Gasteiger partial charge in [-0.2, -0.15) is 5.10 Å². The Kier molecular flexibility index (Phi) is 0.916. The van der Waals surface area contributed by atoms with Crippen LogP contribution in [0.4, 0.5) is 0 Å². The minimum Gasteiger partial charge on any atom is -0.322 e. The van der Waals surface area contributed by atoms with Crippen LogP contribution in [-0.4, -0.2) is 6.31 Å². The zero-order valence-electron chi connectivity index (χ0n) is 4.42. The van der Waals surface area contributed by atoms with Crippen LogP contribution in [0, 0.1) is 5.52 Å². The number of nitrogens with two attached hydrogens (primary N) is 1. The second-order valence-electron chi connectivity index (χ2n) is 0.329. The number of nitrogens with zero attached hydrogens (tertiary/aromatic N) is 2. The smallest absolute Gasteiger partial charge is 0.214 e. The predicted octanol–water partition coefficient (Wildman–Crippen LogP) is -0.0806. The Hall–Kier alpha value is -0.930. The molecule has 0 spiro atoms. The van der Waals surface area contributed by atoms with Gasteiger partial charge in [0.15, 0.2) is 6.31 Å². The van der Waals surface area contributed by atoms with Crippen LogP contribution in [0.25, 0.3) is 0 Å². The number of rotatable bonds is 0. The summed E-state index contributed by atoms with van der Waals surface area (Å²) in [7, 11) is 0. The van der Waals surface area contributed by atoms with E-state index in [4.69, 9.17) is 2.78 Å². The molecule has 3 N–H and O–H groups in total. The zero-order valence-corrected chi connectivity index (χ0v) is 2.42. The topological polar surface area (TPSA) is 74.6 Å². The van der Waals surface area contributed by atoms with Crippen molar-refractivity contribution >= 4 is 6.31 Å². The number of hydrazone groups is 1. The van der Waals surface area contributed by atoms with Crippen molar-refractivity contribution in [1.82, 2.24) is 0 Å². The van der Waals surface area contributed by atoms with Crippen LogP contribution in [0.3, 0.4) is 0 Å². The van der Waals surface area contributed by atoms with Gasteiger partial charge in [-0.15, -0.1) is 5.11 Å². The van der Waals surface area contributed by atoms with Gasteiger partial charge in [-0.25, -0.2) is 5.52 Å². The molecule has 0 aliphatic heterocycles. The summed E-state index contributed by atoms with van der Waals surface area (Å²) in [6.45, 7) is 0. The average molecular weight is 74.1 g/mol. The Balaban J connectivity index is 3.58. The average Bonchev–Trinajstić information content (AvgIpc) is 1.68. The maximum absolute atomic E-state index is 6.47. The van der Waals surface area contributed by atoms with Crippen molar-refractivity contribution in [2.45, 2.75) is 0 Å². The molecule has 0 rings (SSSR count). The van der Waals surface area contributed by atoms with Crippen molar-refractivity contribution in [2.75, 3.05) is 0 Å². The molecule has 0 saturated carbocycles. The first-order valence-electron chi connectivity index (χ1n) is 1.85. The molecule has 0 aliphatic rings. The molecule has 0 aromatic carbocycles. The lowest BCUT2D eigenvalue weighted by atomic mass is 11.4. The maximum Gasteiger partial charge on any atom is 0.214 e. The minimum atomic E-state index is -0.449. The van der Waals surface area contributed by atoms with Gasteiger partial charge in [0.2, 0.25) is 1.41 Å². The molecule has 5 heavy (non-hydrogen) atoms. The molecule has 0 atom stereocenters. The third-order valence-corrected chi connectivity index (χ3v) is 0.102. The molecule has 0 bridgehead atoms. The zero-order chi connectivity index (χ0) is 5.70. The van der Waals surface area contributed by atoms with Crippen molar-refractivity contribution in [3.63, 3.8) is 0 Å². The molecule has 0 saturated heterocycles. The summed E-state index contributed by atoms with van der Waals surface area (Å²) < 4.78 is 12.5. The van der Waals surface area contributed by atoms with Gasteiger partial charge < -0.3 is 5.84 Å². The van der Waals surface area contributed by atoms with E-state index in [0.29, 0.717) is 0 Å². The monoisotopic (exact) mass is 74.1 g/mol. The highest BCUT2D eigenvalue weighted by Crippen LogP contribution is 1.44. The summed E-state index contributed by atoms with van der Waals surface area (Å²) in [6.07, 6.45) is -0.449. The fraction of sp³-hybridized carbons (Fsp3) is 0. The maximum atomic E-state index is 6.47. The summed E-state index contributed by atoms with van der Waals surface area (Å²) in [6, 6.07) is 0. The van der Waals surface area contributed by atoms with Gasteiger partial charge in [0.05, 0.1) is 0 Å². The van der Waals surface area contributed by atoms with E-state index < -0.39 is 6.31 Å². The fourth-order valence-corrected chi connectivity index (χ4v) is 0.0258. The van der Waals surface area contributed by atoms with Gasteiger partial charge in [0, 0.05) is 0 Å². The number of nitrogens with one attached hydrogen (secondary N) is 1. The largest absolute Gasteiger partial charge is 0.322 e. The van der Waals surface area contributed by atoms with E-state index in [-0.39, 0.29) is 0 Å². The van der Waals surface area contributed by atoms with Gasteiger partial charge in [0.1, 0.15) is 1.37 Å². The number of hydrogen-bond acceptors (Lipinski definition) is 3. The molecule has 0 amide bonds. The lowest BCUT2D eigenvalue weighted by Crippen LogP contribution is -1.75. The highest BCUT2D eigenvalue weighted by molar-refractivity contribution is 5.52. The minimum absolute atomic E-state index is 0.449. The number of amidine groups is 1. The summed E-state index contributed by atoms with van der Waals surface area (Å²) in [5.41, 5.74) is 2.48. The normalized spacial score (nSPS) is 18.8. The Morgan fingerprint density at radius 3 is 3.40 bits per heavy atom. The van der Waals surface area contributed by atoms with Crippen molar-refractivity contribution < 1.29 is 2.78 Å². The highest BCUT2D eigenvalue weighted by atomic mass is 15.2. The Morgan fingerprint density at radius 1 is 2.40 bits per heavy atom. The molecular weight excluding hydrogens is 68.0 g/mol. The van der Waals surface area contributed by atoms with Gasteiger partial charge in [-0.3, -0.25) is 0 Å². The number of hydrogen-bond donors (Lipinski definition) is 2. The Bertz CT molecular complexity index is 95.9. The van der Waals surface area contributed by atoms with Crippen LogP contribution in [0.1, 0.15) is 1.37 Å². The van der Waals surface area contributed by atoms with Crippen molar-refractivity contribution in [2.24, 2.45) is 16.1 Å². The lowest BCUT2D eigenvalue weighted by molar-refractivity contribution is 1.17. The van der Waals surface area contributed by atoms with E-state index in [1.807, 2.05) is 0 Å². The van der Waals surface area contributed by atoms with Crippen molar-refractivity contribution in [3.8, 4) is 0 Å². The first-order valence-corrected chi connectivity index (χ1v) is 0.905. The predicted molar refractivity (Wildman–Crippen MR) is 17.8 cm³/mol. The van der Waals surface area contributed by atoms with E-state index in [2.05, 4.69) is 21.6 Å². The molecule has 0 heterocycles. The molecule has 4 nitrogen and oxygen atoms in total. The molecule has 0 unspecified atom stereocenters. The summed E-state index contributed by atoms with van der Waals surface area (Å²) in [4.78, 5) is 0. The van der Waals surface area contributed by atoms with Gasteiger partial charge >= 0.3 is 0 Å². The second kappa shape index (κ2) is 3.07.